The van der Waals surface area contributed by atoms with Crippen LogP contribution in [0.25, 0.3) is 0 Å². The number of carbonyl (C=O) groups excluding carboxylic acids is 1. The van der Waals surface area contributed by atoms with Gasteiger partial charge in [-0.05, 0) is 43.5 Å². The van der Waals surface area contributed by atoms with E-state index < -0.39 is 7.92 Å². The molecule has 0 unspecified atom stereocenters. The molecule has 0 saturated carbocycles. The zero-order chi connectivity index (χ0) is 13.9. The maximum absolute atomic E-state index is 12.0. The topological polar surface area (TPSA) is 17.1 Å². The number of halogens is 1. The second-order valence-corrected chi connectivity index (χ2v) is 8.16. The molecule has 2 aromatic rings. The van der Waals surface area contributed by atoms with Crippen molar-refractivity contribution in [1.82, 2.24) is 0 Å². The molecular weight excluding hydrogens is 287 g/mol. The third kappa shape index (κ3) is 2.66. The molecule has 1 aliphatic rings. The Morgan fingerprint density at radius 1 is 0.850 bits per heavy atom. The van der Waals surface area contributed by atoms with Crippen molar-refractivity contribution in [2.24, 2.45) is 0 Å². The van der Waals surface area contributed by atoms with Gasteiger partial charge in [0, 0.05) is 11.3 Å². The van der Waals surface area contributed by atoms with Crippen molar-refractivity contribution in [2.45, 2.75) is 24.2 Å². The van der Waals surface area contributed by atoms with E-state index in [2.05, 4.69) is 24.3 Å². The van der Waals surface area contributed by atoms with E-state index in [0.29, 0.717) is 11.3 Å². The van der Waals surface area contributed by atoms with E-state index >= 15 is 0 Å². The van der Waals surface area contributed by atoms with Crippen LogP contribution in [-0.4, -0.2) is 4.98 Å². The number of hydrogen-bond acceptors (Lipinski definition) is 1. The molecule has 0 amide bonds. The molecule has 1 nitrogen and oxygen atoms in total. The smallest absolute Gasteiger partial charge is 0.243 e. The Bertz CT molecular complexity index is 537. The highest BCUT2D eigenvalue weighted by Crippen LogP contribution is 2.71. The van der Waals surface area contributed by atoms with Gasteiger partial charge in [0.05, 0.1) is 0 Å². The molecule has 0 radical (unpaired) electrons. The second-order valence-electron chi connectivity index (χ2n) is 5.09. The minimum atomic E-state index is -0.857. The largest absolute Gasteiger partial charge is 0.276 e. The predicted molar refractivity (Wildman–Crippen MR) is 85.8 cm³/mol. The first-order valence-electron chi connectivity index (χ1n) is 6.85. The molecule has 102 valence electrons. The summed E-state index contributed by atoms with van der Waals surface area (Å²) >= 11 is 5.96. The zero-order valence-electron chi connectivity index (χ0n) is 11.1. The van der Waals surface area contributed by atoms with Gasteiger partial charge in [-0.2, -0.15) is 0 Å². The highest BCUT2D eigenvalue weighted by atomic mass is 35.5. The van der Waals surface area contributed by atoms with Crippen LogP contribution in [0.1, 0.15) is 35.3 Å². The summed E-state index contributed by atoms with van der Waals surface area (Å²) in [7, 11) is -0.857. The van der Waals surface area contributed by atoms with E-state index in [4.69, 9.17) is 11.6 Å². The maximum Gasteiger partial charge on any atom is 0.243 e. The summed E-state index contributed by atoms with van der Waals surface area (Å²) in [6.45, 7) is 0. The van der Waals surface area contributed by atoms with Crippen LogP contribution < -0.4 is 0 Å². The van der Waals surface area contributed by atoms with Crippen molar-refractivity contribution in [3.05, 3.63) is 71.8 Å². The number of carbonyl (C=O) groups is 1. The van der Waals surface area contributed by atoms with Gasteiger partial charge in [0.2, 0.25) is 4.98 Å². The predicted octanol–water partition coefficient (Wildman–Crippen LogP) is 6.10. The van der Waals surface area contributed by atoms with Crippen LogP contribution >= 0.6 is 19.5 Å². The van der Waals surface area contributed by atoms with Crippen molar-refractivity contribution in [3.8, 4) is 0 Å². The number of benzene rings is 2. The second kappa shape index (κ2) is 6.08. The molecule has 0 spiro atoms. The van der Waals surface area contributed by atoms with E-state index in [9.17, 15) is 4.79 Å². The lowest BCUT2D eigenvalue weighted by Crippen LogP contribution is -1.98. The van der Waals surface area contributed by atoms with E-state index in [0.717, 1.165) is 12.8 Å². The first kappa shape index (κ1) is 13.8. The summed E-state index contributed by atoms with van der Waals surface area (Å²) < 4.78 is 0. The number of rotatable bonds is 3. The van der Waals surface area contributed by atoms with Gasteiger partial charge in [-0.1, -0.05) is 60.7 Å². The summed E-state index contributed by atoms with van der Waals surface area (Å²) in [4.78, 5) is 11.9. The lowest BCUT2D eigenvalue weighted by Gasteiger charge is -2.22. The number of hydrogen-bond donors (Lipinski definition) is 0. The molecule has 0 aliphatic carbocycles. The fraction of sp³-hybridized carbons (Fsp3) is 0.235. The summed E-state index contributed by atoms with van der Waals surface area (Å²) in [5, 5.41) is 0. The zero-order valence-corrected chi connectivity index (χ0v) is 12.7. The highest BCUT2D eigenvalue weighted by molar-refractivity contribution is 7.80. The fourth-order valence-corrected chi connectivity index (χ4v) is 6.53. The Hall–Kier alpha value is -1.17. The van der Waals surface area contributed by atoms with Crippen molar-refractivity contribution in [3.63, 3.8) is 0 Å². The van der Waals surface area contributed by atoms with Gasteiger partial charge in [-0.15, -0.1) is 0 Å². The third-order valence-electron chi connectivity index (χ3n) is 3.96. The van der Waals surface area contributed by atoms with E-state index in [-0.39, 0.29) is 4.98 Å². The van der Waals surface area contributed by atoms with Crippen LogP contribution in [0.3, 0.4) is 0 Å². The minimum absolute atomic E-state index is 0.139. The SMILES string of the molecule is O=C(Cl)P1[C@H](c2ccccc2)CC[C@H]1c1ccccc1. The molecule has 1 fully saturated rings. The molecule has 1 heterocycles. The normalized spacial score (nSPS) is 22.9. The van der Waals surface area contributed by atoms with Crippen molar-refractivity contribution < 1.29 is 4.79 Å². The Morgan fingerprint density at radius 3 is 1.60 bits per heavy atom. The summed E-state index contributed by atoms with van der Waals surface area (Å²) in [6.07, 6.45) is 2.10. The molecule has 1 saturated heterocycles. The molecule has 3 rings (SSSR count). The molecule has 0 bridgehead atoms. The van der Waals surface area contributed by atoms with E-state index in [1.54, 1.807) is 0 Å². The first-order chi connectivity index (χ1) is 9.77. The van der Waals surface area contributed by atoms with E-state index in [1.807, 2.05) is 36.4 Å². The van der Waals surface area contributed by atoms with Crippen LogP contribution in [0.15, 0.2) is 60.7 Å². The van der Waals surface area contributed by atoms with Crippen LogP contribution in [0.5, 0.6) is 0 Å². The Kier molecular flexibility index (Phi) is 4.19. The Labute approximate surface area is 125 Å². The van der Waals surface area contributed by atoms with Crippen molar-refractivity contribution >= 4 is 24.5 Å². The lowest BCUT2D eigenvalue weighted by atomic mass is 10.0. The molecule has 2 aromatic carbocycles. The molecule has 2 atom stereocenters. The average Bonchev–Trinajstić information content (AvgIpc) is 2.94. The van der Waals surface area contributed by atoms with Crippen LogP contribution in [0.2, 0.25) is 0 Å². The quantitative estimate of drug-likeness (QED) is 0.494. The van der Waals surface area contributed by atoms with Gasteiger partial charge >= 0.3 is 0 Å². The maximum atomic E-state index is 12.0. The third-order valence-corrected chi connectivity index (χ3v) is 7.40. The van der Waals surface area contributed by atoms with E-state index in [1.165, 1.54) is 11.1 Å². The molecule has 1 aliphatic heterocycles. The molecule has 0 N–H and O–H groups in total. The van der Waals surface area contributed by atoms with Gasteiger partial charge in [0.25, 0.3) is 0 Å². The summed E-state index contributed by atoms with van der Waals surface area (Å²) in [6, 6.07) is 20.7. The molecule has 3 heteroatoms. The van der Waals surface area contributed by atoms with Crippen LogP contribution in [0.4, 0.5) is 4.79 Å². The van der Waals surface area contributed by atoms with Crippen LogP contribution in [-0.2, 0) is 0 Å². The van der Waals surface area contributed by atoms with Gasteiger partial charge < -0.3 is 0 Å². The van der Waals surface area contributed by atoms with Gasteiger partial charge in [0.15, 0.2) is 0 Å². The van der Waals surface area contributed by atoms with Gasteiger partial charge in [-0.3, -0.25) is 4.79 Å². The van der Waals surface area contributed by atoms with Gasteiger partial charge in [-0.25, -0.2) is 0 Å². The van der Waals surface area contributed by atoms with Gasteiger partial charge in [0.1, 0.15) is 0 Å². The lowest BCUT2D eigenvalue weighted by molar-refractivity contribution is 0.275. The highest BCUT2D eigenvalue weighted by Gasteiger charge is 2.41. The summed E-state index contributed by atoms with van der Waals surface area (Å²) in [5.74, 6) is 0. The Morgan fingerprint density at radius 2 is 1.25 bits per heavy atom. The monoisotopic (exact) mass is 302 g/mol. The average molecular weight is 303 g/mol. The van der Waals surface area contributed by atoms with Crippen molar-refractivity contribution in [1.29, 1.82) is 0 Å². The molecule has 0 aromatic heterocycles. The minimum Gasteiger partial charge on any atom is -0.276 e. The fourth-order valence-electron chi connectivity index (χ4n) is 3.06. The van der Waals surface area contributed by atoms with Crippen molar-refractivity contribution in [2.75, 3.05) is 0 Å². The first-order valence-corrected chi connectivity index (χ1v) is 8.71. The summed E-state index contributed by atoms with van der Waals surface area (Å²) in [5.41, 5.74) is 3.12. The Balaban J connectivity index is 1.94. The standard InChI is InChI=1S/C17H16ClOP/c18-17(19)20-15(13-7-3-1-4-8-13)11-12-16(20)14-9-5-2-6-10-14/h1-10,15-16H,11-12H2/t15-,16-/m0/s1. The molecular formula is C17H16ClOP. The molecule has 20 heavy (non-hydrogen) atoms. The van der Waals surface area contributed by atoms with Crippen LogP contribution in [0, 0.1) is 0 Å².